The topological polar surface area (TPSA) is 27.6 Å². The summed E-state index contributed by atoms with van der Waals surface area (Å²) in [6.45, 7) is 6.93. The number of hydrogen-bond donors (Lipinski definition) is 1. The minimum atomic E-state index is -0.0430. The van der Waals surface area contributed by atoms with E-state index in [1.54, 1.807) is 12.2 Å². The summed E-state index contributed by atoms with van der Waals surface area (Å²) in [5.74, 6) is 0.479. The lowest BCUT2D eigenvalue weighted by Crippen LogP contribution is -2.47. The molecule has 1 fully saturated rings. The molecule has 1 saturated heterocycles. The molecule has 4 heteroatoms. The molecule has 3 rings (SSSR count). The first-order chi connectivity index (χ1) is 9.75. The van der Waals surface area contributed by atoms with Gasteiger partial charge in [-0.1, -0.05) is 18.7 Å². The number of hydrogen-bond acceptors (Lipinski definition) is 3. The summed E-state index contributed by atoms with van der Waals surface area (Å²) in [5, 5.41) is 3.38. The third-order valence-electron chi connectivity index (χ3n) is 4.58. The second-order valence-electron chi connectivity index (χ2n) is 5.85. The fourth-order valence-electron chi connectivity index (χ4n) is 3.44. The summed E-state index contributed by atoms with van der Waals surface area (Å²) in [6.07, 6.45) is 9.87. The highest BCUT2D eigenvalue weighted by molar-refractivity contribution is 5.61. The van der Waals surface area contributed by atoms with Crippen molar-refractivity contribution in [3.8, 4) is 0 Å². The molecule has 0 amide bonds. The van der Waals surface area contributed by atoms with Gasteiger partial charge < -0.3 is 10.2 Å². The molecule has 0 aromatic heterocycles. The Balaban J connectivity index is 1.88. The van der Waals surface area contributed by atoms with E-state index in [0.29, 0.717) is 12.3 Å². The largest absolute Gasteiger partial charge is 0.350 e. The first-order valence-corrected chi connectivity index (χ1v) is 7.45. The number of rotatable bonds is 1. The molecule has 3 aliphatic rings. The van der Waals surface area contributed by atoms with Gasteiger partial charge in [-0.3, -0.25) is 4.99 Å². The molecule has 0 aromatic rings. The molecule has 3 aliphatic heterocycles. The van der Waals surface area contributed by atoms with E-state index in [2.05, 4.69) is 21.8 Å². The van der Waals surface area contributed by atoms with E-state index in [1.807, 2.05) is 12.4 Å². The molecular formula is C16H22FN3. The standard InChI is InChI=1S/C16H22FN3/c1-12-3-2-4-14(17)9-15(13-5-7-18-8-6-13)20-11-19-10-16(12)20/h2-4,11,13,15-16,18H,1,5-10H2/b3-2-,14-4+. The maximum Gasteiger partial charge on any atom is 0.102 e. The molecule has 0 spiro atoms. The Morgan fingerprint density at radius 2 is 2.15 bits per heavy atom. The number of piperidine rings is 1. The third-order valence-corrected chi connectivity index (χ3v) is 4.58. The maximum absolute atomic E-state index is 14.1. The smallest absolute Gasteiger partial charge is 0.102 e. The molecule has 0 saturated carbocycles. The van der Waals surface area contributed by atoms with Gasteiger partial charge in [-0.05, 0) is 43.5 Å². The van der Waals surface area contributed by atoms with E-state index in [4.69, 9.17) is 0 Å². The van der Waals surface area contributed by atoms with E-state index >= 15 is 0 Å². The van der Waals surface area contributed by atoms with Crippen molar-refractivity contribution >= 4 is 6.34 Å². The van der Waals surface area contributed by atoms with Crippen molar-refractivity contribution in [3.05, 3.63) is 36.2 Å². The molecule has 2 unspecified atom stereocenters. The molecule has 2 atom stereocenters. The Morgan fingerprint density at radius 3 is 2.95 bits per heavy atom. The van der Waals surface area contributed by atoms with Gasteiger partial charge in [0.2, 0.25) is 0 Å². The van der Waals surface area contributed by atoms with Crippen LogP contribution in [0, 0.1) is 5.92 Å². The van der Waals surface area contributed by atoms with E-state index in [1.165, 1.54) is 0 Å². The summed E-state index contributed by atoms with van der Waals surface area (Å²) in [6, 6.07) is 0.395. The predicted octanol–water partition coefficient (Wildman–Crippen LogP) is 2.44. The van der Waals surface area contributed by atoms with Crippen LogP contribution in [0.25, 0.3) is 0 Å². The van der Waals surface area contributed by atoms with Crippen molar-refractivity contribution < 1.29 is 4.39 Å². The van der Waals surface area contributed by atoms with Gasteiger partial charge in [-0.25, -0.2) is 4.39 Å². The van der Waals surface area contributed by atoms with Crippen molar-refractivity contribution in [1.29, 1.82) is 0 Å². The van der Waals surface area contributed by atoms with Crippen molar-refractivity contribution in [3.63, 3.8) is 0 Å². The fraction of sp³-hybridized carbons (Fsp3) is 0.562. The molecular weight excluding hydrogens is 253 g/mol. The van der Waals surface area contributed by atoms with Crippen LogP contribution in [0.3, 0.4) is 0 Å². The second kappa shape index (κ2) is 5.92. The van der Waals surface area contributed by atoms with E-state index < -0.39 is 0 Å². The number of nitrogens with zero attached hydrogens (tertiary/aromatic N) is 2. The summed E-state index contributed by atoms with van der Waals surface area (Å²) in [4.78, 5) is 6.66. The van der Waals surface area contributed by atoms with Crippen LogP contribution in [0.4, 0.5) is 4.39 Å². The second-order valence-corrected chi connectivity index (χ2v) is 5.85. The van der Waals surface area contributed by atoms with Gasteiger partial charge in [0, 0.05) is 12.5 Å². The van der Waals surface area contributed by atoms with Crippen LogP contribution < -0.4 is 5.32 Å². The molecule has 0 bridgehead atoms. The summed E-state index contributed by atoms with van der Waals surface area (Å²) < 4.78 is 14.1. The predicted molar refractivity (Wildman–Crippen MR) is 80.5 cm³/mol. The van der Waals surface area contributed by atoms with Crippen molar-refractivity contribution in [2.24, 2.45) is 10.9 Å². The summed E-state index contributed by atoms with van der Waals surface area (Å²) >= 11 is 0. The molecule has 0 radical (unpaired) electrons. The lowest BCUT2D eigenvalue weighted by Gasteiger charge is -2.39. The quantitative estimate of drug-likeness (QED) is 0.796. The normalized spacial score (nSPS) is 35.8. The highest BCUT2D eigenvalue weighted by Crippen LogP contribution is 2.31. The number of halogens is 1. The SMILES string of the molecule is C=C1/C=C\C=C(\F)CC(C2CCNCC2)N2C=NCC12. The van der Waals surface area contributed by atoms with Gasteiger partial charge in [0.1, 0.15) is 5.83 Å². The van der Waals surface area contributed by atoms with Gasteiger partial charge in [-0.15, -0.1) is 0 Å². The van der Waals surface area contributed by atoms with Gasteiger partial charge in [0.05, 0.1) is 18.9 Å². The average molecular weight is 275 g/mol. The number of nitrogens with one attached hydrogen (secondary N) is 1. The van der Waals surface area contributed by atoms with E-state index in [-0.39, 0.29) is 17.9 Å². The molecule has 3 nitrogen and oxygen atoms in total. The lowest BCUT2D eigenvalue weighted by atomic mass is 9.86. The molecule has 108 valence electrons. The van der Waals surface area contributed by atoms with Gasteiger partial charge >= 0.3 is 0 Å². The highest BCUT2D eigenvalue weighted by Gasteiger charge is 2.35. The zero-order valence-electron chi connectivity index (χ0n) is 11.8. The Kier molecular flexibility index (Phi) is 4.01. The highest BCUT2D eigenvalue weighted by atomic mass is 19.1. The number of aliphatic imine (C=N–C) groups is 1. The van der Waals surface area contributed by atoms with Crippen LogP contribution in [-0.4, -0.2) is 43.0 Å². The van der Waals surface area contributed by atoms with Crippen molar-refractivity contribution in [1.82, 2.24) is 10.2 Å². The number of fused-ring (bicyclic) bond motifs is 1. The summed E-state index contributed by atoms with van der Waals surface area (Å²) in [5.41, 5.74) is 1.02. The van der Waals surface area contributed by atoms with Crippen molar-refractivity contribution in [2.45, 2.75) is 31.3 Å². The minimum Gasteiger partial charge on any atom is -0.350 e. The lowest BCUT2D eigenvalue weighted by molar-refractivity contribution is 0.173. The van der Waals surface area contributed by atoms with Gasteiger partial charge in [0.15, 0.2) is 0 Å². The van der Waals surface area contributed by atoms with Gasteiger partial charge in [0.25, 0.3) is 0 Å². The van der Waals surface area contributed by atoms with Crippen molar-refractivity contribution in [2.75, 3.05) is 19.6 Å². The number of allylic oxidation sites excluding steroid dienone is 2. The van der Waals surface area contributed by atoms with Crippen LogP contribution in [0.5, 0.6) is 0 Å². The minimum absolute atomic E-state index is 0.0430. The Bertz CT molecular complexity index is 460. The zero-order valence-corrected chi connectivity index (χ0v) is 11.8. The average Bonchev–Trinajstić information content (AvgIpc) is 2.95. The van der Waals surface area contributed by atoms with E-state index in [9.17, 15) is 4.39 Å². The first-order valence-electron chi connectivity index (χ1n) is 7.45. The molecule has 0 aliphatic carbocycles. The Morgan fingerprint density at radius 1 is 1.35 bits per heavy atom. The fourth-order valence-corrected chi connectivity index (χ4v) is 3.44. The maximum atomic E-state index is 14.1. The monoisotopic (exact) mass is 275 g/mol. The molecule has 3 heterocycles. The van der Waals surface area contributed by atoms with Crippen LogP contribution in [-0.2, 0) is 0 Å². The van der Waals surface area contributed by atoms with Gasteiger partial charge in [-0.2, -0.15) is 0 Å². The van der Waals surface area contributed by atoms with Crippen LogP contribution in [0.2, 0.25) is 0 Å². The molecule has 0 aromatic carbocycles. The molecule has 20 heavy (non-hydrogen) atoms. The zero-order chi connectivity index (χ0) is 13.9. The first kappa shape index (κ1) is 13.6. The summed E-state index contributed by atoms with van der Waals surface area (Å²) in [7, 11) is 0. The van der Waals surface area contributed by atoms with Crippen LogP contribution in [0.1, 0.15) is 19.3 Å². The van der Waals surface area contributed by atoms with E-state index in [0.717, 1.165) is 38.0 Å². The van der Waals surface area contributed by atoms with Crippen LogP contribution in [0.15, 0.2) is 41.2 Å². The van der Waals surface area contributed by atoms with Crippen LogP contribution >= 0.6 is 0 Å². The Labute approximate surface area is 119 Å². The third kappa shape index (κ3) is 2.70. The molecule has 1 N–H and O–H groups in total. The Hall–Kier alpha value is -1.42.